The van der Waals surface area contributed by atoms with Gasteiger partial charge in [0.05, 0.1) is 0 Å². The van der Waals surface area contributed by atoms with Gasteiger partial charge in [-0.25, -0.2) is 0 Å². The summed E-state index contributed by atoms with van der Waals surface area (Å²) >= 11 is 0. The normalized spacial score (nSPS) is 16.1. The molecule has 0 saturated carbocycles. The highest BCUT2D eigenvalue weighted by atomic mass is 19.4. The van der Waals surface area contributed by atoms with Crippen molar-refractivity contribution in [2.24, 2.45) is 5.92 Å². The van der Waals surface area contributed by atoms with Crippen LogP contribution >= 0.6 is 0 Å². The molecule has 14 heavy (non-hydrogen) atoms. The van der Waals surface area contributed by atoms with Gasteiger partial charge in [-0.15, -0.1) is 0 Å². The SMILES string of the molecule is CC(CO)C(C)NC(=O)CC(F)(F)F. The van der Waals surface area contributed by atoms with Gasteiger partial charge >= 0.3 is 6.18 Å². The van der Waals surface area contributed by atoms with E-state index in [4.69, 9.17) is 5.11 Å². The molecule has 0 aromatic rings. The number of halogens is 3. The highest BCUT2D eigenvalue weighted by molar-refractivity contribution is 5.76. The zero-order valence-electron chi connectivity index (χ0n) is 8.06. The number of carbonyl (C=O) groups is 1. The third kappa shape index (κ3) is 5.80. The number of alkyl halides is 3. The summed E-state index contributed by atoms with van der Waals surface area (Å²) in [6, 6.07) is -0.463. The molecule has 2 atom stereocenters. The molecular formula is C8H14F3NO2. The first-order valence-electron chi connectivity index (χ1n) is 4.23. The topological polar surface area (TPSA) is 49.3 Å². The van der Waals surface area contributed by atoms with E-state index in [2.05, 4.69) is 5.32 Å². The van der Waals surface area contributed by atoms with Crippen LogP contribution in [0.1, 0.15) is 20.3 Å². The minimum atomic E-state index is -4.48. The van der Waals surface area contributed by atoms with Gasteiger partial charge in [0.15, 0.2) is 0 Å². The fourth-order valence-electron chi connectivity index (χ4n) is 0.787. The molecule has 3 nitrogen and oxygen atoms in total. The van der Waals surface area contributed by atoms with Crippen LogP contribution < -0.4 is 5.32 Å². The molecule has 0 heterocycles. The number of amides is 1. The number of aliphatic hydroxyl groups excluding tert-OH is 1. The second-order valence-corrected chi connectivity index (χ2v) is 3.31. The standard InChI is InChI=1S/C8H14F3NO2/c1-5(4-13)6(2)12-7(14)3-8(9,10)11/h5-6,13H,3-4H2,1-2H3,(H,12,14). The fraction of sp³-hybridized carbons (Fsp3) is 0.875. The molecule has 6 heteroatoms. The van der Waals surface area contributed by atoms with Crippen LogP contribution in [-0.4, -0.2) is 29.8 Å². The maximum atomic E-state index is 11.7. The van der Waals surface area contributed by atoms with E-state index in [0.29, 0.717) is 0 Å². The van der Waals surface area contributed by atoms with Crippen LogP contribution in [0.5, 0.6) is 0 Å². The van der Waals surface area contributed by atoms with E-state index in [0.717, 1.165) is 0 Å². The molecule has 1 amide bonds. The van der Waals surface area contributed by atoms with Crippen LogP contribution in [0.15, 0.2) is 0 Å². The zero-order valence-corrected chi connectivity index (χ0v) is 8.06. The monoisotopic (exact) mass is 213 g/mol. The largest absolute Gasteiger partial charge is 0.397 e. The van der Waals surface area contributed by atoms with Crippen molar-refractivity contribution in [2.75, 3.05) is 6.61 Å². The van der Waals surface area contributed by atoms with Crippen molar-refractivity contribution in [2.45, 2.75) is 32.5 Å². The maximum absolute atomic E-state index is 11.7. The Morgan fingerprint density at radius 2 is 1.93 bits per heavy atom. The molecule has 0 aromatic heterocycles. The summed E-state index contributed by atoms with van der Waals surface area (Å²) in [5.74, 6) is -1.32. The Morgan fingerprint density at radius 1 is 1.43 bits per heavy atom. The quantitative estimate of drug-likeness (QED) is 0.734. The summed E-state index contributed by atoms with van der Waals surface area (Å²) in [4.78, 5) is 10.8. The van der Waals surface area contributed by atoms with Crippen molar-refractivity contribution in [1.29, 1.82) is 0 Å². The summed E-state index contributed by atoms with van der Waals surface area (Å²) in [5.41, 5.74) is 0. The minimum absolute atomic E-state index is 0.173. The van der Waals surface area contributed by atoms with E-state index in [9.17, 15) is 18.0 Å². The second-order valence-electron chi connectivity index (χ2n) is 3.31. The predicted molar refractivity (Wildman–Crippen MR) is 44.5 cm³/mol. The summed E-state index contributed by atoms with van der Waals surface area (Å²) in [7, 11) is 0. The second kappa shape index (κ2) is 5.19. The van der Waals surface area contributed by atoms with Crippen LogP contribution in [0.2, 0.25) is 0 Å². The van der Waals surface area contributed by atoms with E-state index in [-0.39, 0.29) is 12.5 Å². The Labute approximate surface area is 80.3 Å². The Morgan fingerprint density at radius 3 is 2.29 bits per heavy atom. The Bertz CT molecular complexity index is 194. The number of nitrogens with one attached hydrogen (secondary N) is 1. The number of hydrogen-bond donors (Lipinski definition) is 2. The first-order chi connectivity index (χ1) is 6.26. The highest BCUT2D eigenvalue weighted by Crippen LogP contribution is 2.19. The summed E-state index contributed by atoms with van der Waals surface area (Å²) < 4.78 is 35.2. The third-order valence-corrected chi connectivity index (χ3v) is 1.89. The lowest BCUT2D eigenvalue weighted by Gasteiger charge is -2.19. The molecule has 2 unspecified atom stereocenters. The number of rotatable bonds is 4. The van der Waals surface area contributed by atoms with Gasteiger partial charge in [0.2, 0.25) is 5.91 Å². The van der Waals surface area contributed by atoms with Crippen molar-refractivity contribution in [3.63, 3.8) is 0 Å². The Kier molecular flexibility index (Phi) is 4.90. The van der Waals surface area contributed by atoms with E-state index >= 15 is 0 Å². The molecular weight excluding hydrogens is 199 g/mol. The highest BCUT2D eigenvalue weighted by Gasteiger charge is 2.31. The summed E-state index contributed by atoms with van der Waals surface area (Å²) in [6.07, 6.45) is -5.96. The lowest BCUT2D eigenvalue weighted by molar-refractivity contribution is -0.154. The van der Waals surface area contributed by atoms with Crippen molar-refractivity contribution >= 4 is 5.91 Å². The first kappa shape index (κ1) is 13.2. The van der Waals surface area contributed by atoms with Crippen LogP contribution in [0.4, 0.5) is 13.2 Å². The van der Waals surface area contributed by atoms with Crippen LogP contribution in [0, 0.1) is 5.92 Å². The van der Waals surface area contributed by atoms with E-state index in [1.807, 2.05) is 0 Å². The van der Waals surface area contributed by atoms with Gasteiger partial charge in [-0.1, -0.05) is 6.92 Å². The van der Waals surface area contributed by atoms with Crippen LogP contribution in [-0.2, 0) is 4.79 Å². The lowest BCUT2D eigenvalue weighted by atomic mass is 10.1. The molecule has 2 N–H and O–H groups in total. The van der Waals surface area contributed by atoms with Gasteiger partial charge in [-0.05, 0) is 12.8 Å². The molecule has 0 spiro atoms. The van der Waals surface area contributed by atoms with E-state index < -0.39 is 24.5 Å². The van der Waals surface area contributed by atoms with Crippen molar-refractivity contribution in [3.8, 4) is 0 Å². The molecule has 0 bridgehead atoms. The zero-order chi connectivity index (χ0) is 11.4. The molecule has 0 saturated heterocycles. The van der Waals surface area contributed by atoms with Gasteiger partial charge in [-0.2, -0.15) is 13.2 Å². The van der Waals surface area contributed by atoms with Crippen molar-refractivity contribution in [3.05, 3.63) is 0 Å². The molecule has 0 aliphatic heterocycles. The van der Waals surface area contributed by atoms with Crippen LogP contribution in [0.3, 0.4) is 0 Å². The maximum Gasteiger partial charge on any atom is 0.397 e. The summed E-state index contributed by atoms with van der Waals surface area (Å²) in [6.45, 7) is 3.02. The average molecular weight is 213 g/mol. The molecule has 0 rings (SSSR count). The molecule has 84 valence electrons. The molecule has 0 aromatic carbocycles. The van der Waals surface area contributed by atoms with Crippen molar-refractivity contribution < 1.29 is 23.1 Å². The lowest BCUT2D eigenvalue weighted by Crippen LogP contribution is -2.40. The smallest absolute Gasteiger partial charge is 0.396 e. The Hall–Kier alpha value is -0.780. The third-order valence-electron chi connectivity index (χ3n) is 1.89. The molecule has 0 aliphatic carbocycles. The van der Waals surface area contributed by atoms with Gasteiger partial charge < -0.3 is 10.4 Å². The predicted octanol–water partition coefficient (Wildman–Crippen LogP) is 1.07. The molecule has 0 aliphatic rings. The van der Waals surface area contributed by atoms with Gasteiger partial charge in [-0.3, -0.25) is 4.79 Å². The summed E-state index contributed by atoms with van der Waals surface area (Å²) in [5, 5.41) is 10.8. The van der Waals surface area contributed by atoms with E-state index in [1.165, 1.54) is 0 Å². The molecule has 0 fully saturated rings. The van der Waals surface area contributed by atoms with Gasteiger partial charge in [0.1, 0.15) is 6.42 Å². The number of hydrogen-bond acceptors (Lipinski definition) is 2. The first-order valence-corrected chi connectivity index (χ1v) is 4.23. The number of aliphatic hydroxyl groups is 1. The van der Waals surface area contributed by atoms with Crippen LogP contribution in [0.25, 0.3) is 0 Å². The molecule has 0 radical (unpaired) electrons. The van der Waals surface area contributed by atoms with E-state index in [1.54, 1.807) is 13.8 Å². The van der Waals surface area contributed by atoms with Gasteiger partial charge in [0, 0.05) is 12.6 Å². The van der Waals surface area contributed by atoms with Gasteiger partial charge in [0.25, 0.3) is 0 Å². The average Bonchev–Trinajstić information content (AvgIpc) is 1.99. The number of carbonyl (C=O) groups excluding carboxylic acids is 1. The Balaban J connectivity index is 3.95. The van der Waals surface area contributed by atoms with Crippen molar-refractivity contribution in [1.82, 2.24) is 5.32 Å². The minimum Gasteiger partial charge on any atom is -0.396 e. The fourth-order valence-corrected chi connectivity index (χ4v) is 0.787.